The van der Waals surface area contributed by atoms with Crippen LogP contribution >= 0.6 is 0 Å². The van der Waals surface area contributed by atoms with E-state index in [9.17, 15) is 5.26 Å². The Kier molecular flexibility index (Phi) is 4.57. The average molecular weight is 360 g/mol. The number of morpholine rings is 1. The number of H-pyrrole nitrogens is 1. The summed E-state index contributed by atoms with van der Waals surface area (Å²) in [7, 11) is 0. The number of nitrogens with zero attached hydrogens (tertiary/aromatic N) is 5. The Balaban J connectivity index is 1.98. The van der Waals surface area contributed by atoms with Crippen LogP contribution in [0.15, 0.2) is 43.2 Å². The number of aromatic amines is 1. The van der Waals surface area contributed by atoms with E-state index < -0.39 is 5.92 Å². The predicted octanol–water partition coefficient (Wildman–Crippen LogP) is 3.04. The number of aromatic nitrogens is 4. The molecule has 1 N–H and O–H groups in total. The lowest BCUT2D eigenvalue weighted by molar-refractivity contribution is 0.0985. The molecule has 1 aliphatic rings. The van der Waals surface area contributed by atoms with Crippen molar-refractivity contribution in [2.45, 2.75) is 18.9 Å². The molecular formula is C20H20N6O. The summed E-state index contributed by atoms with van der Waals surface area (Å²) in [4.78, 5) is 11.7. The molecule has 1 aliphatic heterocycles. The van der Waals surface area contributed by atoms with E-state index in [2.05, 4.69) is 39.7 Å². The number of hydrogen-bond donors (Lipinski definition) is 1. The van der Waals surface area contributed by atoms with Crippen molar-refractivity contribution < 1.29 is 4.74 Å². The van der Waals surface area contributed by atoms with E-state index in [-0.39, 0.29) is 6.04 Å². The second-order valence-electron chi connectivity index (χ2n) is 6.56. The van der Waals surface area contributed by atoms with E-state index >= 15 is 0 Å². The van der Waals surface area contributed by atoms with Gasteiger partial charge in [0.2, 0.25) is 0 Å². The highest BCUT2D eigenvalue weighted by Gasteiger charge is 2.24. The highest BCUT2D eigenvalue weighted by atomic mass is 16.5. The van der Waals surface area contributed by atoms with Gasteiger partial charge in [-0.05, 0) is 30.7 Å². The first-order chi connectivity index (χ1) is 13.2. The van der Waals surface area contributed by atoms with Gasteiger partial charge in [0.05, 0.1) is 36.9 Å². The Morgan fingerprint density at radius 3 is 3.04 bits per heavy atom. The lowest BCUT2D eigenvalue weighted by atomic mass is 9.96. The zero-order chi connectivity index (χ0) is 18.8. The van der Waals surface area contributed by atoms with Crippen LogP contribution in [0, 0.1) is 11.3 Å². The molecule has 3 aromatic rings. The molecule has 0 spiro atoms. The third kappa shape index (κ3) is 3.04. The summed E-state index contributed by atoms with van der Waals surface area (Å²) in [6.45, 7) is 8.01. The smallest absolute Gasteiger partial charge is 0.130 e. The second-order valence-corrected chi connectivity index (χ2v) is 6.56. The molecule has 0 amide bonds. The predicted molar refractivity (Wildman–Crippen MR) is 103 cm³/mol. The van der Waals surface area contributed by atoms with Crippen LogP contribution in [0.25, 0.3) is 22.3 Å². The Labute approximate surface area is 157 Å². The number of anilines is 1. The zero-order valence-corrected chi connectivity index (χ0v) is 15.1. The minimum Gasteiger partial charge on any atom is -0.377 e. The lowest BCUT2D eigenvalue weighted by Gasteiger charge is -2.34. The number of pyridine rings is 2. The van der Waals surface area contributed by atoms with Crippen LogP contribution < -0.4 is 4.90 Å². The maximum absolute atomic E-state index is 9.64. The molecule has 4 heterocycles. The van der Waals surface area contributed by atoms with Crippen LogP contribution in [0.1, 0.15) is 18.4 Å². The quantitative estimate of drug-likeness (QED) is 0.719. The number of nitrogens with one attached hydrogen (secondary N) is 1. The largest absolute Gasteiger partial charge is 0.377 e. The third-order valence-corrected chi connectivity index (χ3v) is 4.87. The summed E-state index contributed by atoms with van der Waals surface area (Å²) in [5.41, 5.74) is 3.14. The summed E-state index contributed by atoms with van der Waals surface area (Å²) in [5, 5.41) is 17.5. The minimum atomic E-state index is -0.428. The van der Waals surface area contributed by atoms with Crippen molar-refractivity contribution in [1.29, 1.82) is 5.26 Å². The van der Waals surface area contributed by atoms with Crippen LogP contribution in [-0.4, -0.2) is 46.0 Å². The van der Waals surface area contributed by atoms with Gasteiger partial charge in [0.25, 0.3) is 0 Å². The van der Waals surface area contributed by atoms with E-state index in [4.69, 9.17) is 9.72 Å². The highest BCUT2D eigenvalue weighted by Crippen LogP contribution is 2.33. The molecule has 0 radical (unpaired) electrons. The van der Waals surface area contributed by atoms with Gasteiger partial charge in [0, 0.05) is 24.3 Å². The molecule has 0 saturated carbocycles. The van der Waals surface area contributed by atoms with Crippen molar-refractivity contribution in [3.05, 3.63) is 48.8 Å². The molecule has 27 heavy (non-hydrogen) atoms. The first-order valence-electron chi connectivity index (χ1n) is 8.89. The van der Waals surface area contributed by atoms with Crippen molar-refractivity contribution >= 4 is 16.7 Å². The van der Waals surface area contributed by atoms with Crippen molar-refractivity contribution in [1.82, 2.24) is 20.2 Å². The Morgan fingerprint density at radius 1 is 1.44 bits per heavy atom. The summed E-state index contributed by atoms with van der Waals surface area (Å²) in [6.07, 6.45) is 5.09. The highest BCUT2D eigenvalue weighted by molar-refractivity contribution is 5.94. The summed E-state index contributed by atoms with van der Waals surface area (Å²) < 4.78 is 5.56. The molecule has 0 aliphatic carbocycles. The van der Waals surface area contributed by atoms with Crippen LogP contribution in [0.3, 0.4) is 0 Å². The maximum atomic E-state index is 9.64. The molecule has 136 valence electrons. The summed E-state index contributed by atoms with van der Waals surface area (Å²) in [5.74, 6) is 0.395. The summed E-state index contributed by atoms with van der Waals surface area (Å²) >= 11 is 0. The maximum Gasteiger partial charge on any atom is 0.130 e. The van der Waals surface area contributed by atoms with Crippen molar-refractivity contribution in [2.75, 3.05) is 24.7 Å². The van der Waals surface area contributed by atoms with Crippen LogP contribution in [-0.2, 0) is 4.74 Å². The van der Waals surface area contributed by atoms with Gasteiger partial charge in [-0.3, -0.25) is 10.1 Å². The molecule has 3 aromatic heterocycles. The number of rotatable bonds is 4. The molecule has 0 bridgehead atoms. The normalized spacial score (nSPS) is 18.2. The first kappa shape index (κ1) is 17.2. The van der Waals surface area contributed by atoms with Crippen molar-refractivity contribution in [3.8, 4) is 17.5 Å². The standard InChI is InChI=1S/C20H20N6O/c1-3-14(11-21)16-10-18(26-8-9-27-12-13(26)2)24-19-15(16)4-6-22-20(19)17-5-7-23-25-17/h3-7,10,13-14H,1,8-9,12H2,2H3,(H,23,25)/t13-,14?/m1/s1. The number of allylic oxidation sites excluding steroid dienone is 1. The van der Waals surface area contributed by atoms with Gasteiger partial charge >= 0.3 is 0 Å². The molecule has 4 rings (SSSR count). The summed E-state index contributed by atoms with van der Waals surface area (Å²) in [6, 6.07) is 8.29. The molecule has 1 fully saturated rings. The van der Waals surface area contributed by atoms with Crippen LogP contribution in [0.2, 0.25) is 0 Å². The topological polar surface area (TPSA) is 90.7 Å². The fourth-order valence-electron chi connectivity index (χ4n) is 3.47. The molecule has 0 aromatic carbocycles. The zero-order valence-electron chi connectivity index (χ0n) is 15.1. The van der Waals surface area contributed by atoms with Gasteiger partial charge in [-0.2, -0.15) is 10.4 Å². The van der Waals surface area contributed by atoms with E-state index in [1.165, 1.54) is 0 Å². The molecule has 1 unspecified atom stereocenters. The Bertz CT molecular complexity index is 1010. The van der Waals surface area contributed by atoms with Gasteiger partial charge in [-0.1, -0.05) is 6.08 Å². The molecule has 1 saturated heterocycles. The van der Waals surface area contributed by atoms with Crippen LogP contribution in [0.5, 0.6) is 0 Å². The van der Waals surface area contributed by atoms with Crippen LogP contribution in [0.4, 0.5) is 5.82 Å². The number of hydrogen-bond acceptors (Lipinski definition) is 6. The van der Waals surface area contributed by atoms with E-state index in [1.807, 2.05) is 18.2 Å². The van der Waals surface area contributed by atoms with Gasteiger partial charge in [-0.25, -0.2) is 4.98 Å². The van der Waals surface area contributed by atoms with Gasteiger partial charge in [0.1, 0.15) is 17.0 Å². The van der Waals surface area contributed by atoms with Crippen molar-refractivity contribution in [3.63, 3.8) is 0 Å². The molecule has 2 atom stereocenters. The van der Waals surface area contributed by atoms with Gasteiger partial charge in [0.15, 0.2) is 0 Å². The van der Waals surface area contributed by atoms with E-state index in [0.717, 1.165) is 40.2 Å². The van der Waals surface area contributed by atoms with E-state index in [1.54, 1.807) is 18.5 Å². The van der Waals surface area contributed by atoms with E-state index in [0.29, 0.717) is 13.2 Å². The SMILES string of the molecule is C=CC(C#N)c1cc(N2CCOC[C@H]2C)nc2c(-c3ccn[nH]3)nccc12. The number of nitriles is 1. The minimum absolute atomic E-state index is 0.202. The molecule has 7 nitrogen and oxygen atoms in total. The Morgan fingerprint density at radius 2 is 2.33 bits per heavy atom. The third-order valence-electron chi connectivity index (χ3n) is 4.87. The van der Waals surface area contributed by atoms with Crippen molar-refractivity contribution in [2.24, 2.45) is 0 Å². The van der Waals surface area contributed by atoms with Gasteiger partial charge < -0.3 is 9.64 Å². The fraction of sp³-hybridized carbons (Fsp3) is 0.300. The monoisotopic (exact) mass is 360 g/mol. The second kappa shape index (κ2) is 7.17. The van der Waals surface area contributed by atoms with Gasteiger partial charge in [-0.15, -0.1) is 6.58 Å². The lowest BCUT2D eigenvalue weighted by Crippen LogP contribution is -2.44. The first-order valence-corrected chi connectivity index (χ1v) is 8.89. The molecular weight excluding hydrogens is 340 g/mol. The Hall–Kier alpha value is -3.24. The number of ether oxygens (including phenoxy) is 1. The fourth-order valence-corrected chi connectivity index (χ4v) is 3.47. The average Bonchev–Trinajstić information content (AvgIpc) is 3.23. The molecule has 7 heteroatoms. The number of fused-ring (bicyclic) bond motifs is 1.